The summed E-state index contributed by atoms with van der Waals surface area (Å²) in [4.78, 5) is 11.5. The molecule has 1 rings (SSSR count). The second-order valence-corrected chi connectivity index (χ2v) is 5.45. The van der Waals surface area contributed by atoms with Crippen molar-refractivity contribution in [1.82, 2.24) is 5.32 Å². The van der Waals surface area contributed by atoms with Crippen LogP contribution < -0.4 is 11.1 Å². The molecule has 88 valence electrons. The van der Waals surface area contributed by atoms with Crippen LogP contribution in [-0.2, 0) is 4.79 Å². The summed E-state index contributed by atoms with van der Waals surface area (Å²) in [7, 11) is 0. The van der Waals surface area contributed by atoms with E-state index in [9.17, 15) is 4.79 Å². The van der Waals surface area contributed by atoms with Gasteiger partial charge in [-0.15, -0.1) is 0 Å². The van der Waals surface area contributed by atoms with E-state index in [4.69, 9.17) is 5.73 Å². The molecule has 1 unspecified atom stereocenters. The maximum Gasteiger partial charge on any atom is 0.224 e. The van der Waals surface area contributed by atoms with Gasteiger partial charge in [0.05, 0.1) is 0 Å². The van der Waals surface area contributed by atoms with E-state index >= 15 is 0 Å². The highest BCUT2D eigenvalue weighted by Gasteiger charge is 2.42. The van der Waals surface area contributed by atoms with Crippen LogP contribution in [0, 0.1) is 17.3 Å². The minimum absolute atomic E-state index is 0.0557. The van der Waals surface area contributed by atoms with E-state index in [1.165, 1.54) is 19.3 Å². The van der Waals surface area contributed by atoms with Crippen LogP contribution in [0.15, 0.2) is 0 Å². The first-order chi connectivity index (χ1) is 6.99. The lowest BCUT2D eigenvalue weighted by molar-refractivity contribution is -0.124. The fourth-order valence-electron chi connectivity index (χ4n) is 2.05. The average Bonchev–Trinajstić information content (AvgIpc) is 2.92. The van der Waals surface area contributed by atoms with E-state index in [1.54, 1.807) is 0 Å². The van der Waals surface area contributed by atoms with E-state index < -0.39 is 0 Å². The van der Waals surface area contributed by atoms with Crippen LogP contribution in [0.25, 0.3) is 0 Å². The van der Waals surface area contributed by atoms with Crippen LogP contribution in [-0.4, -0.2) is 19.0 Å². The van der Waals surface area contributed by atoms with Crippen LogP contribution in [0.1, 0.15) is 40.0 Å². The summed E-state index contributed by atoms with van der Waals surface area (Å²) >= 11 is 0. The molecule has 0 aliphatic heterocycles. The number of nitrogens with one attached hydrogen (secondary N) is 1. The van der Waals surface area contributed by atoms with Crippen molar-refractivity contribution in [1.29, 1.82) is 0 Å². The van der Waals surface area contributed by atoms with Crippen LogP contribution in [0.3, 0.4) is 0 Å². The molecule has 0 heterocycles. The highest BCUT2D eigenvalue weighted by Crippen LogP contribution is 2.49. The number of hydrogen-bond donors (Lipinski definition) is 2. The Morgan fingerprint density at radius 1 is 1.40 bits per heavy atom. The van der Waals surface area contributed by atoms with Gasteiger partial charge in [0.25, 0.3) is 0 Å². The third-order valence-corrected chi connectivity index (χ3v) is 3.24. The highest BCUT2D eigenvalue weighted by atomic mass is 16.1. The van der Waals surface area contributed by atoms with E-state index in [0.29, 0.717) is 12.0 Å². The third kappa shape index (κ3) is 3.82. The molecule has 0 spiro atoms. The number of nitrogens with two attached hydrogens (primary N) is 1. The SMILES string of the molecule is CC(C)CC1(CNC(=O)C(C)CN)CC1. The molecule has 0 bridgehead atoms. The second kappa shape index (κ2) is 4.97. The molecular formula is C12H24N2O. The van der Waals surface area contributed by atoms with Gasteiger partial charge in [0, 0.05) is 19.0 Å². The number of carbonyl (C=O) groups is 1. The lowest BCUT2D eigenvalue weighted by atomic mass is 9.94. The van der Waals surface area contributed by atoms with E-state index in [0.717, 1.165) is 12.5 Å². The molecule has 0 radical (unpaired) electrons. The number of carbonyl (C=O) groups excluding carboxylic acids is 1. The number of amides is 1. The Morgan fingerprint density at radius 3 is 2.40 bits per heavy atom. The van der Waals surface area contributed by atoms with Crippen molar-refractivity contribution in [3.63, 3.8) is 0 Å². The molecule has 1 saturated carbocycles. The first kappa shape index (κ1) is 12.5. The minimum Gasteiger partial charge on any atom is -0.355 e. The molecule has 3 nitrogen and oxygen atoms in total. The maximum absolute atomic E-state index is 11.5. The lowest BCUT2D eigenvalue weighted by Crippen LogP contribution is -2.37. The Kier molecular flexibility index (Phi) is 4.14. The van der Waals surface area contributed by atoms with Crippen molar-refractivity contribution in [3.8, 4) is 0 Å². The molecule has 15 heavy (non-hydrogen) atoms. The van der Waals surface area contributed by atoms with Gasteiger partial charge in [-0.2, -0.15) is 0 Å². The second-order valence-electron chi connectivity index (χ2n) is 5.45. The molecule has 0 saturated heterocycles. The highest BCUT2D eigenvalue weighted by molar-refractivity contribution is 5.78. The van der Waals surface area contributed by atoms with Gasteiger partial charge in [0.15, 0.2) is 0 Å². The molecule has 1 aliphatic rings. The maximum atomic E-state index is 11.5. The van der Waals surface area contributed by atoms with Crippen molar-refractivity contribution in [2.75, 3.05) is 13.1 Å². The van der Waals surface area contributed by atoms with Gasteiger partial charge in [-0.3, -0.25) is 4.79 Å². The number of rotatable bonds is 6. The summed E-state index contributed by atoms with van der Waals surface area (Å²) in [5.74, 6) is 0.767. The first-order valence-electron chi connectivity index (χ1n) is 5.97. The van der Waals surface area contributed by atoms with Crippen molar-refractivity contribution in [3.05, 3.63) is 0 Å². The normalized spacial score (nSPS) is 20.1. The van der Waals surface area contributed by atoms with Gasteiger partial charge in [0.1, 0.15) is 0 Å². The van der Waals surface area contributed by atoms with Crippen molar-refractivity contribution in [2.45, 2.75) is 40.0 Å². The summed E-state index contributed by atoms with van der Waals surface area (Å²) in [6, 6.07) is 0. The number of hydrogen-bond acceptors (Lipinski definition) is 2. The summed E-state index contributed by atoms with van der Waals surface area (Å²) < 4.78 is 0. The smallest absolute Gasteiger partial charge is 0.224 e. The minimum atomic E-state index is -0.0557. The standard InChI is InChI=1S/C12H24N2O/c1-9(2)6-12(4-5-12)8-14-11(15)10(3)7-13/h9-10H,4-8,13H2,1-3H3,(H,14,15). The van der Waals surface area contributed by atoms with Gasteiger partial charge in [-0.1, -0.05) is 20.8 Å². The van der Waals surface area contributed by atoms with Gasteiger partial charge in [-0.05, 0) is 30.6 Å². The summed E-state index contributed by atoms with van der Waals surface area (Å²) in [5, 5.41) is 3.02. The Hall–Kier alpha value is -0.570. The monoisotopic (exact) mass is 212 g/mol. The zero-order chi connectivity index (χ0) is 11.5. The Bertz CT molecular complexity index is 222. The zero-order valence-electron chi connectivity index (χ0n) is 10.2. The van der Waals surface area contributed by atoms with Gasteiger partial charge < -0.3 is 11.1 Å². The largest absolute Gasteiger partial charge is 0.355 e. The van der Waals surface area contributed by atoms with E-state index in [1.807, 2.05) is 6.92 Å². The molecule has 0 aromatic carbocycles. The predicted molar refractivity (Wildman–Crippen MR) is 62.4 cm³/mol. The van der Waals surface area contributed by atoms with E-state index in [-0.39, 0.29) is 11.8 Å². The van der Waals surface area contributed by atoms with Crippen molar-refractivity contribution >= 4 is 5.91 Å². The first-order valence-corrected chi connectivity index (χ1v) is 5.97. The third-order valence-electron chi connectivity index (χ3n) is 3.24. The molecule has 0 aromatic rings. The van der Waals surface area contributed by atoms with Gasteiger partial charge >= 0.3 is 0 Å². The molecule has 1 atom stereocenters. The van der Waals surface area contributed by atoms with Crippen molar-refractivity contribution in [2.24, 2.45) is 23.0 Å². The summed E-state index contributed by atoms with van der Waals surface area (Å²) in [5.41, 5.74) is 5.86. The quantitative estimate of drug-likeness (QED) is 0.701. The summed E-state index contributed by atoms with van der Waals surface area (Å²) in [6.45, 7) is 7.63. The summed E-state index contributed by atoms with van der Waals surface area (Å²) in [6.07, 6.45) is 3.76. The predicted octanol–water partition coefficient (Wildman–Crippen LogP) is 1.52. The topological polar surface area (TPSA) is 55.1 Å². The average molecular weight is 212 g/mol. The van der Waals surface area contributed by atoms with Crippen molar-refractivity contribution < 1.29 is 4.79 Å². The molecule has 3 N–H and O–H groups in total. The van der Waals surface area contributed by atoms with E-state index in [2.05, 4.69) is 19.2 Å². The molecule has 1 amide bonds. The van der Waals surface area contributed by atoms with Crippen LogP contribution in [0.2, 0.25) is 0 Å². The molecule has 1 aliphatic carbocycles. The Morgan fingerprint density at radius 2 is 2.00 bits per heavy atom. The van der Waals surface area contributed by atoms with Gasteiger partial charge in [0.2, 0.25) is 5.91 Å². The van der Waals surface area contributed by atoms with Crippen LogP contribution >= 0.6 is 0 Å². The zero-order valence-corrected chi connectivity index (χ0v) is 10.2. The molecular weight excluding hydrogens is 188 g/mol. The molecule has 3 heteroatoms. The molecule has 0 aromatic heterocycles. The fraction of sp³-hybridized carbons (Fsp3) is 0.917. The lowest BCUT2D eigenvalue weighted by Gasteiger charge is -2.19. The van der Waals surface area contributed by atoms with Crippen LogP contribution in [0.5, 0.6) is 0 Å². The Balaban J connectivity index is 2.28. The van der Waals surface area contributed by atoms with Crippen LogP contribution in [0.4, 0.5) is 0 Å². The fourth-order valence-corrected chi connectivity index (χ4v) is 2.05. The Labute approximate surface area is 92.8 Å². The van der Waals surface area contributed by atoms with Gasteiger partial charge in [-0.25, -0.2) is 0 Å². The molecule has 1 fully saturated rings.